The van der Waals surface area contributed by atoms with E-state index in [1.807, 2.05) is 24.0 Å². The molecule has 0 radical (unpaired) electrons. The second-order valence-corrected chi connectivity index (χ2v) is 6.69. The Morgan fingerprint density at radius 3 is 3.04 bits per heavy atom. The maximum absolute atomic E-state index is 13.4. The van der Waals surface area contributed by atoms with Crippen LogP contribution in [0.5, 0.6) is 0 Å². The number of pyridine rings is 1. The summed E-state index contributed by atoms with van der Waals surface area (Å²) in [7, 11) is 0. The molecule has 2 aromatic rings. The number of piperazine rings is 1. The number of hydrogen-bond donors (Lipinski definition) is 2. The molecule has 1 fully saturated rings. The topological polar surface area (TPSA) is 74.3 Å². The van der Waals surface area contributed by atoms with E-state index in [9.17, 15) is 14.0 Å². The van der Waals surface area contributed by atoms with E-state index in [4.69, 9.17) is 0 Å². The van der Waals surface area contributed by atoms with E-state index in [1.165, 1.54) is 12.1 Å². The summed E-state index contributed by atoms with van der Waals surface area (Å²) in [5, 5.41) is 5.67. The summed E-state index contributed by atoms with van der Waals surface area (Å²) in [6.07, 6.45) is 3.49. The minimum atomic E-state index is -0.569. The lowest BCUT2D eigenvalue weighted by Crippen LogP contribution is -2.56. The molecule has 1 aliphatic rings. The number of halogens is 1. The van der Waals surface area contributed by atoms with Crippen LogP contribution in [0.3, 0.4) is 0 Å². The van der Waals surface area contributed by atoms with E-state index in [0.29, 0.717) is 26.2 Å². The Morgan fingerprint density at radius 1 is 1.41 bits per heavy atom. The predicted molar refractivity (Wildman–Crippen MR) is 99.0 cm³/mol. The molecule has 27 heavy (non-hydrogen) atoms. The van der Waals surface area contributed by atoms with Gasteiger partial charge >= 0.3 is 0 Å². The summed E-state index contributed by atoms with van der Waals surface area (Å²) in [5.74, 6) is -0.679. The first-order valence-corrected chi connectivity index (χ1v) is 8.95. The summed E-state index contributed by atoms with van der Waals surface area (Å²) in [6.45, 7) is 3.88. The SMILES string of the molecule is Cc1cnccc1CNC(=O)C[C@H]1C(=O)NCCN1Cc1cccc(F)c1. The number of benzene rings is 1. The summed E-state index contributed by atoms with van der Waals surface area (Å²) >= 11 is 0. The van der Waals surface area contributed by atoms with Crippen LogP contribution in [0.25, 0.3) is 0 Å². The van der Waals surface area contributed by atoms with Crippen LogP contribution in [0.4, 0.5) is 4.39 Å². The number of hydrogen-bond acceptors (Lipinski definition) is 4. The van der Waals surface area contributed by atoms with Crippen LogP contribution < -0.4 is 10.6 Å². The Morgan fingerprint density at radius 2 is 2.26 bits per heavy atom. The fourth-order valence-electron chi connectivity index (χ4n) is 3.19. The van der Waals surface area contributed by atoms with Gasteiger partial charge in [0, 0.05) is 38.6 Å². The Hall–Kier alpha value is -2.80. The third-order valence-electron chi connectivity index (χ3n) is 4.71. The van der Waals surface area contributed by atoms with Crippen LogP contribution in [0, 0.1) is 12.7 Å². The Balaban J connectivity index is 1.62. The van der Waals surface area contributed by atoms with Gasteiger partial charge in [0.1, 0.15) is 5.82 Å². The van der Waals surface area contributed by atoms with Crippen LogP contribution in [0.1, 0.15) is 23.1 Å². The van der Waals surface area contributed by atoms with Gasteiger partial charge in [0.15, 0.2) is 0 Å². The lowest BCUT2D eigenvalue weighted by atomic mass is 10.1. The molecule has 0 aliphatic carbocycles. The number of aromatic nitrogens is 1. The molecule has 1 aromatic carbocycles. The highest BCUT2D eigenvalue weighted by molar-refractivity contribution is 5.88. The van der Waals surface area contributed by atoms with E-state index in [2.05, 4.69) is 15.6 Å². The normalized spacial score (nSPS) is 17.4. The van der Waals surface area contributed by atoms with Gasteiger partial charge in [0.05, 0.1) is 12.5 Å². The molecule has 0 saturated carbocycles. The highest BCUT2D eigenvalue weighted by atomic mass is 19.1. The van der Waals surface area contributed by atoms with Gasteiger partial charge in [-0.2, -0.15) is 0 Å². The molecular weight excluding hydrogens is 347 g/mol. The summed E-state index contributed by atoms with van der Waals surface area (Å²) in [6, 6.07) is 7.60. The average molecular weight is 370 g/mol. The van der Waals surface area contributed by atoms with Crippen molar-refractivity contribution < 1.29 is 14.0 Å². The molecule has 6 nitrogen and oxygen atoms in total. The molecule has 1 aromatic heterocycles. The first kappa shape index (κ1) is 19.0. The van der Waals surface area contributed by atoms with E-state index in [1.54, 1.807) is 18.5 Å². The monoisotopic (exact) mass is 370 g/mol. The number of amides is 2. The van der Waals surface area contributed by atoms with Crippen molar-refractivity contribution >= 4 is 11.8 Å². The van der Waals surface area contributed by atoms with Crippen LogP contribution in [0.2, 0.25) is 0 Å². The van der Waals surface area contributed by atoms with Crippen LogP contribution >= 0.6 is 0 Å². The van der Waals surface area contributed by atoms with Gasteiger partial charge < -0.3 is 10.6 Å². The van der Waals surface area contributed by atoms with Gasteiger partial charge in [0.25, 0.3) is 0 Å². The van der Waals surface area contributed by atoms with Crippen molar-refractivity contribution in [3.05, 3.63) is 65.2 Å². The third-order valence-corrected chi connectivity index (χ3v) is 4.71. The highest BCUT2D eigenvalue weighted by Gasteiger charge is 2.31. The molecule has 2 amide bonds. The van der Waals surface area contributed by atoms with Crippen molar-refractivity contribution in [1.82, 2.24) is 20.5 Å². The zero-order chi connectivity index (χ0) is 19.2. The predicted octanol–water partition coefficient (Wildman–Crippen LogP) is 1.54. The molecule has 1 saturated heterocycles. The van der Waals surface area contributed by atoms with Crippen molar-refractivity contribution in [3.8, 4) is 0 Å². The molecule has 3 rings (SSSR count). The fourth-order valence-corrected chi connectivity index (χ4v) is 3.19. The number of rotatable bonds is 6. The molecule has 2 heterocycles. The second-order valence-electron chi connectivity index (χ2n) is 6.69. The highest BCUT2D eigenvalue weighted by Crippen LogP contribution is 2.15. The lowest BCUT2D eigenvalue weighted by molar-refractivity contribution is -0.134. The Bertz CT molecular complexity index is 827. The Labute approximate surface area is 157 Å². The largest absolute Gasteiger partial charge is 0.353 e. The minimum Gasteiger partial charge on any atom is -0.353 e. The average Bonchev–Trinajstić information content (AvgIpc) is 2.64. The summed E-state index contributed by atoms with van der Waals surface area (Å²) in [4.78, 5) is 30.7. The molecule has 7 heteroatoms. The molecule has 1 atom stereocenters. The molecule has 0 spiro atoms. The van der Waals surface area contributed by atoms with Gasteiger partial charge in [-0.15, -0.1) is 0 Å². The van der Waals surface area contributed by atoms with Crippen molar-refractivity contribution in [2.75, 3.05) is 13.1 Å². The van der Waals surface area contributed by atoms with Gasteiger partial charge in [0.2, 0.25) is 11.8 Å². The number of carbonyl (C=O) groups excluding carboxylic acids is 2. The molecule has 0 unspecified atom stereocenters. The van der Waals surface area contributed by atoms with Crippen LogP contribution in [0.15, 0.2) is 42.7 Å². The zero-order valence-electron chi connectivity index (χ0n) is 15.2. The molecule has 142 valence electrons. The van der Waals surface area contributed by atoms with Gasteiger partial charge in [-0.3, -0.25) is 19.5 Å². The molecule has 0 bridgehead atoms. The fraction of sp³-hybridized carbons (Fsp3) is 0.350. The number of aryl methyl sites for hydroxylation is 1. The molecule has 1 aliphatic heterocycles. The smallest absolute Gasteiger partial charge is 0.237 e. The first-order chi connectivity index (χ1) is 13.0. The van der Waals surface area contributed by atoms with Crippen molar-refractivity contribution in [2.45, 2.75) is 32.5 Å². The number of carbonyl (C=O) groups is 2. The molecule has 2 N–H and O–H groups in total. The number of nitrogens with one attached hydrogen (secondary N) is 2. The standard InChI is InChI=1S/C20H23FN4O2/c1-14-11-22-6-5-16(14)12-24-19(26)10-18-20(27)23-7-8-25(18)13-15-3-2-4-17(21)9-15/h2-6,9,11,18H,7-8,10,12-13H2,1H3,(H,23,27)(H,24,26)/t18-/m0/s1. The van der Waals surface area contributed by atoms with Crippen LogP contribution in [-0.4, -0.2) is 40.8 Å². The quantitative estimate of drug-likeness (QED) is 0.809. The summed E-state index contributed by atoms with van der Waals surface area (Å²) in [5.41, 5.74) is 2.77. The summed E-state index contributed by atoms with van der Waals surface area (Å²) < 4.78 is 13.4. The third kappa shape index (κ3) is 5.10. The Kier molecular flexibility index (Phi) is 6.13. The van der Waals surface area contributed by atoms with E-state index in [-0.39, 0.29) is 24.1 Å². The minimum absolute atomic E-state index is 0.0608. The first-order valence-electron chi connectivity index (χ1n) is 8.95. The number of nitrogens with zero attached hydrogens (tertiary/aromatic N) is 2. The van der Waals surface area contributed by atoms with E-state index >= 15 is 0 Å². The van der Waals surface area contributed by atoms with Crippen LogP contribution in [-0.2, 0) is 22.7 Å². The van der Waals surface area contributed by atoms with Crippen molar-refractivity contribution in [2.24, 2.45) is 0 Å². The van der Waals surface area contributed by atoms with Crippen molar-refractivity contribution in [1.29, 1.82) is 0 Å². The second kappa shape index (κ2) is 8.73. The lowest BCUT2D eigenvalue weighted by Gasteiger charge is -2.34. The van der Waals surface area contributed by atoms with Gasteiger partial charge in [-0.1, -0.05) is 12.1 Å². The molecular formula is C20H23FN4O2. The van der Waals surface area contributed by atoms with E-state index < -0.39 is 6.04 Å². The van der Waals surface area contributed by atoms with Gasteiger partial charge in [-0.05, 0) is 41.8 Å². The van der Waals surface area contributed by atoms with Gasteiger partial charge in [-0.25, -0.2) is 4.39 Å². The van der Waals surface area contributed by atoms with E-state index in [0.717, 1.165) is 16.7 Å². The zero-order valence-corrected chi connectivity index (χ0v) is 15.2. The maximum Gasteiger partial charge on any atom is 0.237 e. The van der Waals surface area contributed by atoms with Crippen molar-refractivity contribution in [3.63, 3.8) is 0 Å². The maximum atomic E-state index is 13.4.